The fourth-order valence-electron chi connectivity index (χ4n) is 2.71. The number of nitrogens with zero attached hydrogens (tertiary/aromatic N) is 6. The van der Waals surface area contributed by atoms with Crippen molar-refractivity contribution in [3.05, 3.63) is 81.8 Å². The molecule has 2 heterocycles. The van der Waals surface area contributed by atoms with Gasteiger partial charge in [-0.1, -0.05) is 40.9 Å². The van der Waals surface area contributed by atoms with Crippen molar-refractivity contribution in [2.75, 3.05) is 11.9 Å². The lowest BCUT2D eigenvalue weighted by molar-refractivity contribution is -0.414. The number of aliphatic imine (C=N–C) groups is 1. The normalized spacial score (nSPS) is 12.5. The molecule has 0 saturated carbocycles. The Hall–Kier alpha value is -3.21. The second-order valence-corrected chi connectivity index (χ2v) is 7.85. The number of anilines is 1. The van der Waals surface area contributed by atoms with Gasteiger partial charge in [0, 0.05) is 11.9 Å². The number of pyridine rings is 1. The SMILES string of the molecule is CCOc1ccc(N/C(=C(\C(=NCc2ccc(Cl)nc2)C(Cl)Cl)[N+](=O)[O-])n2cncn2)cc1. The molecule has 13 heteroatoms. The molecule has 1 aromatic carbocycles. The topological polar surface area (TPSA) is 120 Å². The maximum atomic E-state index is 12.2. The largest absolute Gasteiger partial charge is 0.494 e. The molecule has 1 N–H and O–H groups in total. The third-order valence-electron chi connectivity index (χ3n) is 4.15. The number of ether oxygens (including phenoxy) is 1. The van der Waals surface area contributed by atoms with Crippen molar-refractivity contribution in [2.24, 2.45) is 4.99 Å². The molecule has 0 radical (unpaired) electrons. The Morgan fingerprint density at radius 3 is 2.58 bits per heavy atom. The molecule has 0 bridgehead atoms. The molecule has 172 valence electrons. The molecule has 33 heavy (non-hydrogen) atoms. The Labute approximate surface area is 204 Å². The smallest absolute Gasteiger partial charge is 0.335 e. The van der Waals surface area contributed by atoms with Gasteiger partial charge in [-0.25, -0.2) is 9.97 Å². The van der Waals surface area contributed by atoms with Crippen LogP contribution in [-0.2, 0) is 6.54 Å². The summed E-state index contributed by atoms with van der Waals surface area (Å²) in [7, 11) is 0. The molecule has 0 fully saturated rings. The van der Waals surface area contributed by atoms with E-state index in [-0.39, 0.29) is 18.1 Å². The highest BCUT2D eigenvalue weighted by atomic mass is 35.5. The zero-order valence-electron chi connectivity index (χ0n) is 17.2. The summed E-state index contributed by atoms with van der Waals surface area (Å²) < 4.78 is 6.63. The summed E-state index contributed by atoms with van der Waals surface area (Å²) >= 11 is 18.0. The maximum absolute atomic E-state index is 12.2. The first kappa shape index (κ1) is 24.4. The van der Waals surface area contributed by atoms with Gasteiger partial charge in [0.1, 0.15) is 29.3 Å². The van der Waals surface area contributed by atoms with E-state index in [1.165, 1.54) is 23.5 Å². The number of hydrogen-bond acceptors (Lipinski definition) is 8. The number of alkyl halides is 2. The summed E-state index contributed by atoms with van der Waals surface area (Å²) in [6.07, 6.45) is 4.05. The Bertz CT molecular complexity index is 1130. The van der Waals surface area contributed by atoms with Crippen LogP contribution in [-0.4, -0.2) is 41.8 Å². The number of halogens is 3. The average Bonchev–Trinajstić information content (AvgIpc) is 3.32. The van der Waals surface area contributed by atoms with Crippen LogP contribution >= 0.6 is 34.8 Å². The van der Waals surface area contributed by atoms with E-state index in [2.05, 4.69) is 25.4 Å². The van der Waals surface area contributed by atoms with E-state index < -0.39 is 15.5 Å². The van der Waals surface area contributed by atoms with Crippen LogP contribution < -0.4 is 10.1 Å². The Morgan fingerprint density at radius 1 is 1.27 bits per heavy atom. The number of hydrogen-bond donors (Lipinski definition) is 1. The predicted molar refractivity (Wildman–Crippen MR) is 127 cm³/mol. The number of aromatic nitrogens is 4. The lowest BCUT2D eigenvalue weighted by Crippen LogP contribution is -2.25. The fraction of sp³-hybridized carbons (Fsp3) is 0.200. The summed E-state index contributed by atoms with van der Waals surface area (Å²) in [6.45, 7) is 2.43. The van der Waals surface area contributed by atoms with E-state index in [9.17, 15) is 10.1 Å². The van der Waals surface area contributed by atoms with Crippen LogP contribution in [0.15, 0.2) is 65.9 Å². The van der Waals surface area contributed by atoms with Crippen molar-refractivity contribution in [3.63, 3.8) is 0 Å². The summed E-state index contributed by atoms with van der Waals surface area (Å²) in [5.41, 5.74) is 0.564. The molecule has 3 aromatic rings. The van der Waals surface area contributed by atoms with Crippen LogP contribution in [0.25, 0.3) is 5.82 Å². The van der Waals surface area contributed by atoms with Gasteiger partial charge in [-0.15, -0.1) is 0 Å². The van der Waals surface area contributed by atoms with Crippen molar-refractivity contribution < 1.29 is 9.66 Å². The highest BCUT2D eigenvalue weighted by molar-refractivity contribution is 6.56. The number of benzene rings is 1. The molecule has 0 saturated heterocycles. The predicted octanol–water partition coefficient (Wildman–Crippen LogP) is 4.69. The van der Waals surface area contributed by atoms with Gasteiger partial charge in [0.05, 0.1) is 18.1 Å². The van der Waals surface area contributed by atoms with Crippen LogP contribution in [0, 0.1) is 10.1 Å². The molecule has 2 aromatic heterocycles. The fourth-order valence-corrected chi connectivity index (χ4v) is 3.17. The van der Waals surface area contributed by atoms with E-state index in [1.807, 2.05) is 6.92 Å². The second-order valence-electron chi connectivity index (χ2n) is 6.37. The summed E-state index contributed by atoms with van der Waals surface area (Å²) in [5.74, 6) is 0.616. The molecule has 0 aliphatic heterocycles. The molecule has 0 aliphatic carbocycles. The Balaban J connectivity index is 2.06. The van der Waals surface area contributed by atoms with Gasteiger partial charge in [-0.3, -0.25) is 15.1 Å². The van der Waals surface area contributed by atoms with E-state index in [0.29, 0.717) is 28.8 Å². The second kappa shape index (κ2) is 11.6. The van der Waals surface area contributed by atoms with Crippen molar-refractivity contribution >= 4 is 52.0 Å². The van der Waals surface area contributed by atoms with E-state index in [4.69, 9.17) is 39.5 Å². The Kier molecular flexibility index (Phi) is 8.58. The third kappa shape index (κ3) is 6.64. The number of allylic oxidation sites excluding steroid dienone is 1. The van der Waals surface area contributed by atoms with Crippen molar-refractivity contribution in [3.8, 4) is 5.75 Å². The number of nitro groups is 1. The van der Waals surface area contributed by atoms with E-state index >= 15 is 0 Å². The number of nitrogens with one attached hydrogen (secondary N) is 1. The van der Waals surface area contributed by atoms with E-state index in [0.717, 1.165) is 0 Å². The molecule has 0 spiro atoms. The molecular weight excluding hydrogens is 493 g/mol. The first-order chi connectivity index (χ1) is 15.9. The lowest BCUT2D eigenvalue weighted by atomic mass is 10.2. The first-order valence-electron chi connectivity index (χ1n) is 9.56. The van der Waals surface area contributed by atoms with Crippen LogP contribution in [0.5, 0.6) is 5.75 Å². The Morgan fingerprint density at radius 2 is 2.03 bits per heavy atom. The molecule has 0 aliphatic rings. The zero-order valence-corrected chi connectivity index (χ0v) is 19.5. The minimum Gasteiger partial charge on any atom is -0.494 e. The summed E-state index contributed by atoms with van der Waals surface area (Å²) in [6, 6.07) is 10.1. The molecule has 10 nitrogen and oxygen atoms in total. The van der Waals surface area contributed by atoms with Gasteiger partial charge in [0.15, 0.2) is 4.84 Å². The minimum atomic E-state index is -1.30. The molecule has 0 unspecified atom stereocenters. The van der Waals surface area contributed by atoms with Gasteiger partial charge < -0.3 is 10.1 Å². The van der Waals surface area contributed by atoms with Crippen LogP contribution in [0.2, 0.25) is 5.15 Å². The lowest BCUT2D eigenvalue weighted by Gasteiger charge is -2.14. The van der Waals surface area contributed by atoms with Crippen molar-refractivity contribution in [1.29, 1.82) is 0 Å². The summed E-state index contributed by atoms with van der Waals surface area (Å²) in [5, 5.41) is 19.5. The van der Waals surface area contributed by atoms with Crippen molar-refractivity contribution in [2.45, 2.75) is 18.3 Å². The summed E-state index contributed by atoms with van der Waals surface area (Å²) in [4.78, 5) is 22.4. The molecule has 0 amide bonds. The molecule has 3 rings (SSSR count). The zero-order chi connectivity index (χ0) is 23.8. The highest BCUT2D eigenvalue weighted by Gasteiger charge is 2.32. The van der Waals surface area contributed by atoms with Crippen LogP contribution in [0.4, 0.5) is 5.69 Å². The first-order valence-corrected chi connectivity index (χ1v) is 10.8. The highest BCUT2D eigenvalue weighted by Crippen LogP contribution is 2.24. The van der Waals surface area contributed by atoms with Gasteiger partial charge >= 0.3 is 5.70 Å². The molecule has 0 atom stereocenters. The molecular formula is C20H18Cl3N7O3. The van der Waals surface area contributed by atoms with Crippen molar-refractivity contribution in [1.82, 2.24) is 19.7 Å². The van der Waals surface area contributed by atoms with Gasteiger partial charge in [-0.2, -0.15) is 9.78 Å². The van der Waals surface area contributed by atoms with Crippen LogP contribution in [0.1, 0.15) is 12.5 Å². The van der Waals surface area contributed by atoms with Gasteiger partial charge in [0.25, 0.3) is 0 Å². The number of rotatable bonds is 10. The van der Waals surface area contributed by atoms with E-state index in [1.54, 1.807) is 36.4 Å². The minimum absolute atomic E-state index is 0.0408. The van der Waals surface area contributed by atoms with Gasteiger partial charge in [0.2, 0.25) is 5.82 Å². The maximum Gasteiger partial charge on any atom is 0.335 e. The average molecular weight is 511 g/mol. The standard InChI is InChI=1S/C20H18Cl3N7O3/c1-2-33-15-6-4-14(5-7-15)28-20(29-12-24-11-27-29)18(30(31)32)17(19(22)23)26-10-13-3-8-16(21)25-9-13/h3-9,11-12,19,28H,2,10H2,1H3/b20-18-,26-17?. The van der Waals surface area contributed by atoms with Crippen LogP contribution in [0.3, 0.4) is 0 Å². The monoisotopic (exact) mass is 509 g/mol. The van der Waals surface area contributed by atoms with Gasteiger partial charge in [-0.05, 0) is 42.8 Å². The quantitative estimate of drug-likeness (QED) is 0.138. The third-order valence-corrected chi connectivity index (χ3v) is 4.79.